The molecule has 0 aliphatic carbocycles. The Balaban J connectivity index is 1.84. The Bertz CT molecular complexity index is 796. The van der Waals surface area contributed by atoms with Gasteiger partial charge >= 0.3 is 0 Å². The second-order valence-corrected chi connectivity index (χ2v) is 7.35. The zero-order chi connectivity index (χ0) is 19.2. The van der Waals surface area contributed by atoms with E-state index < -0.39 is 0 Å². The first-order chi connectivity index (χ1) is 13.0. The second kappa shape index (κ2) is 8.71. The number of carbonyl (C=O) groups excluding carboxylic acids is 2. The zero-order valence-corrected chi connectivity index (χ0v) is 16.0. The fourth-order valence-electron chi connectivity index (χ4n) is 3.21. The average molecular weight is 365 g/mol. The molecule has 0 aromatic heterocycles. The van der Waals surface area contributed by atoms with Crippen molar-refractivity contribution >= 4 is 23.2 Å². The lowest BCUT2D eigenvalue weighted by molar-refractivity contribution is 0.0948. The van der Waals surface area contributed by atoms with Gasteiger partial charge in [0.25, 0.3) is 11.8 Å². The molecule has 2 N–H and O–H groups in total. The molecular weight excluding hydrogens is 338 g/mol. The lowest BCUT2D eigenvalue weighted by Gasteiger charge is -2.22. The van der Waals surface area contributed by atoms with E-state index in [2.05, 4.69) is 29.4 Å². The molecule has 1 aliphatic rings. The van der Waals surface area contributed by atoms with Crippen LogP contribution in [0.15, 0.2) is 48.5 Å². The number of amides is 2. The van der Waals surface area contributed by atoms with E-state index in [9.17, 15) is 9.59 Å². The van der Waals surface area contributed by atoms with E-state index in [4.69, 9.17) is 0 Å². The van der Waals surface area contributed by atoms with Gasteiger partial charge in [0.15, 0.2) is 0 Å². The van der Waals surface area contributed by atoms with Crippen LogP contribution in [0.4, 0.5) is 11.4 Å². The molecule has 1 saturated heterocycles. The van der Waals surface area contributed by atoms with Gasteiger partial charge in [-0.1, -0.05) is 32.0 Å². The smallest absolute Gasteiger partial charge is 0.255 e. The third-order valence-corrected chi connectivity index (χ3v) is 4.65. The molecule has 0 saturated carbocycles. The molecule has 0 atom stereocenters. The molecule has 0 spiro atoms. The lowest BCUT2D eigenvalue weighted by Crippen LogP contribution is -2.30. The standard InChI is InChI=1S/C22H27N3O2/c1-16(2)15-23-22(27)19-14-18(10-11-20(19)25-12-6-7-13-25)24-21(26)17-8-4-3-5-9-17/h3-5,8-11,14,16H,6-7,12-13,15H2,1-2H3,(H,23,27)(H,24,26). The van der Waals surface area contributed by atoms with Crippen molar-refractivity contribution in [2.75, 3.05) is 29.9 Å². The van der Waals surface area contributed by atoms with Crippen LogP contribution in [0.1, 0.15) is 47.4 Å². The predicted molar refractivity (Wildman–Crippen MR) is 109 cm³/mol. The zero-order valence-electron chi connectivity index (χ0n) is 16.0. The van der Waals surface area contributed by atoms with Crippen molar-refractivity contribution in [1.82, 2.24) is 5.32 Å². The highest BCUT2D eigenvalue weighted by Crippen LogP contribution is 2.28. The maximum absolute atomic E-state index is 12.8. The summed E-state index contributed by atoms with van der Waals surface area (Å²) in [5.41, 5.74) is 2.77. The number of nitrogens with zero attached hydrogens (tertiary/aromatic N) is 1. The number of hydrogen-bond donors (Lipinski definition) is 2. The summed E-state index contributed by atoms with van der Waals surface area (Å²) in [5, 5.41) is 5.89. The van der Waals surface area contributed by atoms with Crippen LogP contribution < -0.4 is 15.5 Å². The second-order valence-electron chi connectivity index (χ2n) is 7.35. The van der Waals surface area contributed by atoms with Gasteiger partial charge in [0.2, 0.25) is 0 Å². The minimum absolute atomic E-state index is 0.0959. The van der Waals surface area contributed by atoms with E-state index in [1.807, 2.05) is 30.3 Å². The van der Waals surface area contributed by atoms with Crippen molar-refractivity contribution in [1.29, 1.82) is 0 Å². The quantitative estimate of drug-likeness (QED) is 0.815. The Morgan fingerprint density at radius 1 is 1.00 bits per heavy atom. The summed E-state index contributed by atoms with van der Waals surface area (Å²) in [6.45, 7) is 6.68. The van der Waals surface area contributed by atoms with E-state index >= 15 is 0 Å². The minimum atomic E-state index is -0.182. The summed E-state index contributed by atoms with van der Waals surface area (Å²) < 4.78 is 0. The van der Waals surface area contributed by atoms with Gasteiger partial charge in [-0.2, -0.15) is 0 Å². The fraction of sp³-hybridized carbons (Fsp3) is 0.364. The third-order valence-electron chi connectivity index (χ3n) is 4.65. The molecule has 2 aromatic rings. The van der Waals surface area contributed by atoms with Crippen molar-refractivity contribution in [2.24, 2.45) is 5.92 Å². The van der Waals surface area contributed by atoms with Gasteiger partial charge in [-0.15, -0.1) is 0 Å². The van der Waals surface area contributed by atoms with Crippen LogP contribution >= 0.6 is 0 Å². The van der Waals surface area contributed by atoms with Crippen LogP contribution in [0.2, 0.25) is 0 Å². The Hall–Kier alpha value is -2.82. The molecule has 0 bridgehead atoms. The van der Waals surface area contributed by atoms with Gasteiger partial charge in [0.1, 0.15) is 0 Å². The molecule has 1 heterocycles. The van der Waals surface area contributed by atoms with E-state index in [1.54, 1.807) is 18.2 Å². The molecule has 0 radical (unpaired) electrons. The molecule has 142 valence electrons. The predicted octanol–water partition coefficient (Wildman–Crippen LogP) is 3.92. The van der Waals surface area contributed by atoms with Crippen LogP contribution in [0.3, 0.4) is 0 Å². The van der Waals surface area contributed by atoms with Gasteiger partial charge < -0.3 is 15.5 Å². The van der Waals surface area contributed by atoms with Gasteiger partial charge in [0.05, 0.1) is 5.56 Å². The first-order valence-electron chi connectivity index (χ1n) is 9.58. The summed E-state index contributed by atoms with van der Waals surface area (Å²) in [6, 6.07) is 14.7. The maximum Gasteiger partial charge on any atom is 0.255 e. The van der Waals surface area contributed by atoms with Crippen LogP contribution in [0.5, 0.6) is 0 Å². The van der Waals surface area contributed by atoms with E-state index in [-0.39, 0.29) is 11.8 Å². The summed E-state index contributed by atoms with van der Waals surface area (Å²) >= 11 is 0. The van der Waals surface area contributed by atoms with E-state index in [1.165, 1.54) is 0 Å². The maximum atomic E-state index is 12.8. The molecular formula is C22H27N3O2. The first kappa shape index (κ1) is 19.0. The molecule has 5 heteroatoms. The summed E-state index contributed by atoms with van der Waals surface area (Å²) in [4.78, 5) is 27.5. The highest BCUT2D eigenvalue weighted by atomic mass is 16.2. The van der Waals surface area contributed by atoms with Crippen molar-refractivity contribution < 1.29 is 9.59 Å². The third kappa shape index (κ3) is 4.88. The first-order valence-corrected chi connectivity index (χ1v) is 9.58. The number of hydrogen-bond acceptors (Lipinski definition) is 3. The van der Waals surface area contributed by atoms with Gasteiger partial charge in [-0.3, -0.25) is 9.59 Å². The van der Waals surface area contributed by atoms with Crippen LogP contribution in [-0.4, -0.2) is 31.4 Å². The largest absolute Gasteiger partial charge is 0.371 e. The number of carbonyl (C=O) groups is 2. The summed E-state index contributed by atoms with van der Waals surface area (Å²) in [7, 11) is 0. The number of anilines is 2. The van der Waals surface area contributed by atoms with E-state index in [0.29, 0.717) is 29.3 Å². The minimum Gasteiger partial charge on any atom is -0.371 e. The monoisotopic (exact) mass is 365 g/mol. The Kier molecular flexibility index (Phi) is 6.12. The molecule has 0 unspecified atom stereocenters. The van der Waals surface area contributed by atoms with Crippen molar-refractivity contribution in [3.8, 4) is 0 Å². The molecule has 2 aromatic carbocycles. The number of nitrogens with one attached hydrogen (secondary N) is 2. The highest BCUT2D eigenvalue weighted by molar-refractivity contribution is 6.06. The number of benzene rings is 2. The number of rotatable bonds is 6. The Morgan fingerprint density at radius 3 is 2.37 bits per heavy atom. The van der Waals surface area contributed by atoms with Gasteiger partial charge in [-0.05, 0) is 49.1 Å². The normalized spacial score (nSPS) is 13.7. The fourth-order valence-corrected chi connectivity index (χ4v) is 3.21. The van der Waals surface area contributed by atoms with Crippen LogP contribution in [0, 0.1) is 5.92 Å². The highest BCUT2D eigenvalue weighted by Gasteiger charge is 2.20. The van der Waals surface area contributed by atoms with E-state index in [0.717, 1.165) is 31.6 Å². The summed E-state index contributed by atoms with van der Waals surface area (Å²) in [5.74, 6) is 0.102. The molecule has 27 heavy (non-hydrogen) atoms. The molecule has 2 amide bonds. The molecule has 1 aliphatic heterocycles. The average Bonchev–Trinajstić information content (AvgIpc) is 3.21. The summed E-state index contributed by atoms with van der Waals surface area (Å²) in [6.07, 6.45) is 2.28. The topological polar surface area (TPSA) is 61.4 Å². The van der Waals surface area contributed by atoms with Gasteiger partial charge in [0, 0.05) is 36.6 Å². The van der Waals surface area contributed by atoms with Crippen LogP contribution in [0.25, 0.3) is 0 Å². The Morgan fingerprint density at radius 2 is 1.70 bits per heavy atom. The molecule has 3 rings (SSSR count). The molecule has 1 fully saturated rings. The molecule has 5 nitrogen and oxygen atoms in total. The van der Waals surface area contributed by atoms with Crippen LogP contribution in [-0.2, 0) is 0 Å². The van der Waals surface area contributed by atoms with Crippen molar-refractivity contribution in [3.63, 3.8) is 0 Å². The van der Waals surface area contributed by atoms with Crippen molar-refractivity contribution in [3.05, 3.63) is 59.7 Å². The SMILES string of the molecule is CC(C)CNC(=O)c1cc(NC(=O)c2ccccc2)ccc1N1CCCC1. The Labute approximate surface area is 160 Å². The lowest BCUT2D eigenvalue weighted by atomic mass is 10.1. The van der Waals surface area contributed by atoms with Crippen molar-refractivity contribution in [2.45, 2.75) is 26.7 Å². The van der Waals surface area contributed by atoms with Gasteiger partial charge in [-0.25, -0.2) is 0 Å².